The van der Waals surface area contributed by atoms with Gasteiger partial charge in [-0.2, -0.15) is 0 Å². The van der Waals surface area contributed by atoms with Crippen molar-refractivity contribution in [3.63, 3.8) is 0 Å². The average molecular weight is 155 g/mol. The molecule has 66 valence electrons. The van der Waals surface area contributed by atoms with Gasteiger partial charge in [-0.1, -0.05) is 0 Å². The van der Waals surface area contributed by atoms with Crippen molar-refractivity contribution < 1.29 is 14.9 Å². The molecule has 0 rings (SSSR count). The Bertz CT molecular complexity index is 34.9. The fourth-order valence-corrected chi connectivity index (χ4v) is 0.231. The highest BCUT2D eigenvalue weighted by Crippen LogP contribution is 1.68. The molecule has 0 saturated carbocycles. The Kier molecular flexibility index (Phi) is 38.2. The van der Waals surface area contributed by atoms with Crippen LogP contribution in [-0.4, -0.2) is 36.6 Å². The van der Waals surface area contributed by atoms with Crippen molar-refractivity contribution in [2.75, 3.05) is 26.4 Å². The molecule has 0 aromatic carbocycles. The van der Waals surface area contributed by atoms with Crippen LogP contribution in [0.25, 0.3) is 0 Å². The van der Waals surface area contributed by atoms with Crippen LogP contribution in [0.15, 0.2) is 0 Å². The number of hydrogen-bond donors (Lipinski definition) is 5. The molecule has 0 aromatic heterocycles. The van der Waals surface area contributed by atoms with Crippen LogP contribution < -0.4 is 17.8 Å². The minimum Gasteiger partial charge on any atom is -0.394 e. The summed E-state index contributed by atoms with van der Waals surface area (Å²) in [5.74, 6) is 8.00. The van der Waals surface area contributed by atoms with Crippen molar-refractivity contribution in [1.82, 2.24) is 6.15 Å². The molecule has 0 spiro atoms. The lowest BCUT2D eigenvalue weighted by molar-refractivity contribution is 0.0650. The molecule has 0 aliphatic carbocycles. The molecule has 0 heterocycles. The Morgan fingerprint density at radius 3 is 1.50 bits per heavy atom. The molecule has 0 unspecified atom stereocenters. The van der Waals surface area contributed by atoms with E-state index < -0.39 is 0 Å². The Balaban J connectivity index is -0.000000149. The highest BCUT2D eigenvalue weighted by Gasteiger charge is 1.79. The van der Waals surface area contributed by atoms with E-state index in [4.69, 9.17) is 10.2 Å². The number of ether oxygens (including phenoxy) is 1. The van der Waals surface area contributed by atoms with Crippen molar-refractivity contribution in [2.24, 2.45) is 11.7 Å². The van der Waals surface area contributed by atoms with Crippen LogP contribution in [0, 0.1) is 0 Å². The molecule has 6 nitrogen and oxygen atoms in total. The summed E-state index contributed by atoms with van der Waals surface area (Å²) in [6.07, 6.45) is 0. The van der Waals surface area contributed by atoms with Gasteiger partial charge in [-0.05, 0) is 0 Å². The van der Waals surface area contributed by atoms with E-state index in [1.807, 2.05) is 0 Å². The first kappa shape index (κ1) is 16.4. The van der Waals surface area contributed by atoms with Gasteiger partial charge < -0.3 is 21.1 Å². The van der Waals surface area contributed by atoms with Crippen LogP contribution >= 0.6 is 0 Å². The highest BCUT2D eigenvalue weighted by atomic mass is 16.5. The number of rotatable bonds is 4. The molecular formula is C4H17N3O3. The topological polar surface area (TPSA) is 137 Å². The maximum Gasteiger partial charge on any atom is 0.0698 e. The van der Waals surface area contributed by atoms with Gasteiger partial charge in [0.1, 0.15) is 0 Å². The van der Waals surface area contributed by atoms with Gasteiger partial charge in [0.15, 0.2) is 0 Å². The molecule has 9 N–H and O–H groups in total. The predicted octanol–water partition coefficient (Wildman–Crippen LogP) is -2.03. The van der Waals surface area contributed by atoms with E-state index >= 15 is 0 Å². The van der Waals surface area contributed by atoms with Crippen LogP contribution in [0.2, 0.25) is 0 Å². The third-order valence-electron chi connectivity index (χ3n) is 0.471. The number of aliphatic hydroxyl groups is 2. The maximum absolute atomic E-state index is 8.09. The molecule has 0 aliphatic rings. The van der Waals surface area contributed by atoms with Gasteiger partial charge >= 0.3 is 0 Å². The van der Waals surface area contributed by atoms with Crippen LogP contribution in [0.4, 0.5) is 0 Å². The molecule has 0 aromatic rings. The van der Waals surface area contributed by atoms with Gasteiger partial charge in [0, 0.05) is 0 Å². The summed E-state index contributed by atoms with van der Waals surface area (Å²) in [5.41, 5.74) is 0. The molecule has 0 bridgehead atoms. The first-order chi connectivity index (χ1) is 4.41. The molecular weight excluding hydrogens is 138 g/mol. The zero-order valence-corrected chi connectivity index (χ0v) is 5.99. The summed E-state index contributed by atoms with van der Waals surface area (Å²) in [6.45, 7) is 0.696. The van der Waals surface area contributed by atoms with Crippen LogP contribution in [0.1, 0.15) is 0 Å². The van der Waals surface area contributed by atoms with E-state index in [0.29, 0.717) is 13.2 Å². The Labute approximate surface area is 60.3 Å². The maximum atomic E-state index is 8.09. The summed E-state index contributed by atoms with van der Waals surface area (Å²) >= 11 is 0. The summed E-state index contributed by atoms with van der Waals surface area (Å²) < 4.78 is 4.63. The average Bonchev–Trinajstić information content (AvgIpc) is 1.94. The largest absolute Gasteiger partial charge is 0.394 e. The molecule has 0 saturated heterocycles. The molecule has 6 heteroatoms. The minimum absolute atomic E-state index is 0. The number of nitrogens with two attached hydrogens (primary N) is 2. The van der Waals surface area contributed by atoms with Crippen molar-refractivity contribution in [3.8, 4) is 0 Å². The van der Waals surface area contributed by atoms with Crippen LogP contribution in [-0.2, 0) is 4.74 Å². The van der Waals surface area contributed by atoms with Crippen molar-refractivity contribution >= 4 is 0 Å². The summed E-state index contributed by atoms with van der Waals surface area (Å²) in [5, 5.41) is 16.2. The lowest BCUT2D eigenvalue weighted by Crippen LogP contribution is -2.03. The Morgan fingerprint density at radius 1 is 1.00 bits per heavy atom. The molecule has 10 heavy (non-hydrogen) atoms. The number of aliphatic hydroxyl groups excluding tert-OH is 2. The monoisotopic (exact) mass is 155 g/mol. The second-order valence-electron chi connectivity index (χ2n) is 1.06. The van der Waals surface area contributed by atoms with Crippen molar-refractivity contribution in [1.29, 1.82) is 0 Å². The number of hydrazine groups is 1. The van der Waals surface area contributed by atoms with Crippen LogP contribution in [0.3, 0.4) is 0 Å². The molecule has 0 fully saturated rings. The fraction of sp³-hybridized carbons (Fsp3) is 1.00. The van der Waals surface area contributed by atoms with Gasteiger partial charge in [-0.15, -0.1) is 0 Å². The third kappa shape index (κ3) is 25.1. The lowest BCUT2D eigenvalue weighted by atomic mass is 10.7. The lowest BCUT2D eigenvalue weighted by Gasteiger charge is -1.94. The fourth-order valence-electron chi connectivity index (χ4n) is 0.231. The van der Waals surface area contributed by atoms with E-state index in [0.717, 1.165) is 0 Å². The van der Waals surface area contributed by atoms with E-state index in [2.05, 4.69) is 16.4 Å². The first-order valence-electron chi connectivity index (χ1n) is 2.54. The minimum atomic E-state index is 0. The normalized spacial score (nSPS) is 7.20. The standard InChI is InChI=1S/C4H10O3.H4N2.H3N/c5-1-3-7-4-2-6;1-2;/h5-6H,1-4H2;1-2H2;1H3. The second kappa shape index (κ2) is 23.3. The quantitative estimate of drug-likeness (QED) is 0.180. The van der Waals surface area contributed by atoms with Crippen molar-refractivity contribution in [2.45, 2.75) is 0 Å². The van der Waals surface area contributed by atoms with Crippen molar-refractivity contribution in [3.05, 3.63) is 0 Å². The summed E-state index contributed by atoms with van der Waals surface area (Å²) in [7, 11) is 0. The van der Waals surface area contributed by atoms with Gasteiger partial charge in [0.25, 0.3) is 0 Å². The van der Waals surface area contributed by atoms with E-state index in [9.17, 15) is 0 Å². The van der Waals surface area contributed by atoms with E-state index in [-0.39, 0.29) is 19.4 Å². The zero-order valence-electron chi connectivity index (χ0n) is 5.99. The van der Waals surface area contributed by atoms with E-state index in [1.54, 1.807) is 0 Å². The Morgan fingerprint density at radius 2 is 1.30 bits per heavy atom. The van der Waals surface area contributed by atoms with Gasteiger partial charge in [-0.3, -0.25) is 11.7 Å². The second-order valence-corrected chi connectivity index (χ2v) is 1.06. The molecule has 0 radical (unpaired) electrons. The third-order valence-corrected chi connectivity index (χ3v) is 0.471. The molecule has 0 amide bonds. The molecule has 0 atom stereocenters. The van der Waals surface area contributed by atoms with E-state index in [1.165, 1.54) is 0 Å². The smallest absolute Gasteiger partial charge is 0.0698 e. The zero-order chi connectivity index (χ0) is 7.54. The highest BCUT2D eigenvalue weighted by molar-refractivity contribution is 4.24. The Hall–Kier alpha value is -0.240. The summed E-state index contributed by atoms with van der Waals surface area (Å²) in [4.78, 5) is 0. The number of hydrogen-bond acceptors (Lipinski definition) is 6. The molecule has 0 aliphatic heterocycles. The van der Waals surface area contributed by atoms with Gasteiger partial charge in [-0.25, -0.2) is 0 Å². The summed E-state index contributed by atoms with van der Waals surface area (Å²) in [6, 6.07) is 0. The first-order valence-corrected chi connectivity index (χ1v) is 2.54. The SMILES string of the molecule is N.NN.OCCOCCO. The predicted molar refractivity (Wildman–Crippen MR) is 38.4 cm³/mol. The van der Waals surface area contributed by atoms with Gasteiger partial charge in [0.05, 0.1) is 26.4 Å². The van der Waals surface area contributed by atoms with Gasteiger partial charge in [0.2, 0.25) is 0 Å². The van der Waals surface area contributed by atoms with Crippen LogP contribution in [0.5, 0.6) is 0 Å².